The van der Waals surface area contributed by atoms with Crippen molar-refractivity contribution in [2.45, 2.75) is 6.54 Å². The van der Waals surface area contributed by atoms with Crippen LogP contribution in [0.15, 0.2) is 60.9 Å². The lowest BCUT2D eigenvalue weighted by Crippen LogP contribution is -2.12. The molecule has 0 unspecified atom stereocenters. The van der Waals surface area contributed by atoms with Crippen molar-refractivity contribution >= 4 is 17.6 Å². The molecular weight excluding hydrogens is 337 g/mol. The number of anilines is 1. The fourth-order valence-electron chi connectivity index (χ4n) is 2.39. The fraction of sp³-hybridized carbons (Fsp3) is 0.105. The minimum absolute atomic E-state index is 0.260. The molecule has 3 rings (SSSR count). The van der Waals surface area contributed by atoms with Crippen LogP contribution >= 0.6 is 0 Å². The Hall–Kier alpha value is -3.48. The number of ether oxygens (including phenoxy) is 1. The summed E-state index contributed by atoms with van der Waals surface area (Å²) in [6.07, 6.45) is 3.11. The zero-order valence-electron chi connectivity index (χ0n) is 14.0. The molecule has 0 spiro atoms. The summed E-state index contributed by atoms with van der Waals surface area (Å²) in [5.41, 5.74) is 1.75. The molecule has 1 aromatic heterocycles. The van der Waals surface area contributed by atoms with Crippen LogP contribution in [-0.2, 0) is 11.3 Å². The van der Waals surface area contributed by atoms with E-state index in [0.29, 0.717) is 22.4 Å². The van der Waals surface area contributed by atoms with Crippen molar-refractivity contribution in [2.24, 2.45) is 0 Å². The van der Waals surface area contributed by atoms with Crippen LogP contribution in [0.1, 0.15) is 26.3 Å². The Balaban J connectivity index is 1.66. The van der Waals surface area contributed by atoms with Gasteiger partial charge < -0.3 is 10.1 Å². The molecule has 0 bridgehead atoms. The minimum Gasteiger partial charge on any atom is -0.465 e. The van der Waals surface area contributed by atoms with Crippen molar-refractivity contribution in [1.82, 2.24) is 9.78 Å². The number of aromatic nitrogens is 2. The van der Waals surface area contributed by atoms with Gasteiger partial charge in [-0.15, -0.1) is 0 Å². The number of carbonyl (C=O) groups is 2. The predicted octanol–water partition coefficient (Wildman–Crippen LogP) is 3.11. The third-order valence-corrected chi connectivity index (χ3v) is 3.75. The molecule has 7 heteroatoms. The Bertz CT molecular complexity index is 935. The van der Waals surface area contributed by atoms with Gasteiger partial charge in [-0.3, -0.25) is 9.48 Å². The molecule has 2 aromatic carbocycles. The molecular formula is C19H16FN3O3. The maximum Gasteiger partial charge on any atom is 0.337 e. The average Bonchev–Trinajstić information content (AvgIpc) is 3.10. The standard InChI is InChI=1S/C19H16FN3O3/c1-26-19(25)14-8-6-13(7-9-14)18(24)22-16-10-21-23(12-16)11-15-4-2-3-5-17(15)20/h2-10,12H,11H2,1H3,(H,22,24). The van der Waals surface area contributed by atoms with Crippen LogP contribution in [0.5, 0.6) is 0 Å². The normalized spacial score (nSPS) is 10.4. The molecule has 0 saturated heterocycles. The first-order valence-electron chi connectivity index (χ1n) is 7.82. The van der Waals surface area contributed by atoms with Crippen molar-refractivity contribution in [3.63, 3.8) is 0 Å². The highest BCUT2D eigenvalue weighted by molar-refractivity contribution is 6.04. The third kappa shape index (κ3) is 3.94. The second-order valence-electron chi connectivity index (χ2n) is 5.54. The molecule has 0 fully saturated rings. The van der Waals surface area contributed by atoms with Gasteiger partial charge in [-0.2, -0.15) is 5.10 Å². The molecule has 1 heterocycles. The van der Waals surface area contributed by atoms with E-state index in [1.807, 2.05) is 0 Å². The molecule has 6 nitrogen and oxygen atoms in total. The number of amides is 1. The first-order valence-corrected chi connectivity index (χ1v) is 7.82. The van der Waals surface area contributed by atoms with Gasteiger partial charge in [0.25, 0.3) is 5.91 Å². The van der Waals surface area contributed by atoms with Gasteiger partial charge in [0.15, 0.2) is 0 Å². The Kier molecular flexibility index (Phi) is 5.07. The highest BCUT2D eigenvalue weighted by Crippen LogP contribution is 2.13. The molecule has 1 N–H and O–H groups in total. The quantitative estimate of drug-likeness (QED) is 0.716. The smallest absolute Gasteiger partial charge is 0.337 e. The molecule has 0 saturated carbocycles. The van der Waals surface area contributed by atoms with E-state index in [1.54, 1.807) is 24.4 Å². The van der Waals surface area contributed by atoms with Crippen molar-refractivity contribution in [2.75, 3.05) is 12.4 Å². The van der Waals surface area contributed by atoms with Gasteiger partial charge in [-0.05, 0) is 30.3 Å². The number of hydrogen-bond acceptors (Lipinski definition) is 4. The first-order chi connectivity index (χ1) is 12.6. The molecule has 3 aromatic rings. The van der Waals surface area contributed by atoms with Crippen LogP contribution in [0.25, 0.3) is 0 Å². The summed E-state index contributed by atoms with van der Waals surface area (Å²) < 4.78 is 19.8. The molecule has 1 amide bonds. The summed E-state index contributed by atoms with van der Waals surface area (Å²) in [4.78, 5) is 23.7. The van der Waals surface area contributed by atoms with E-state index in [2.05, 4.69) is 15.2 Å². The second kappa shape index (κ2) is 7.60. The fourth-order valence-corrected chi connectivity index (χ4v) is 2.39. The Morgan fingerprint density at radius 1 is 1.12 bits per heavy atom. The Morgan fingerprint density at radius 2 is 1.81 bits per heavy atom. The van der Waals surface area contributed by atoms with Gasteiger partial charge >= 0.3 is 5.97 Å². The third-order valence-electron chi connectivity index (χ3n) is 3.75. The zero-order chi connectivity index (χ0) is 18.5. The van der Waals surface area contributed by atoms with Crippen LogP contribution in [0, 0.1) is 5.82 Å². The first kappa shape index (κ1) is 17.3. The molecule has 0 aliphatic carbocycles. The van der Waals surface area contributed by atoms with Crippen molar-refractivity contribution in [3.8, 4) is 0 Å². The van der Waals surface area contributed by atoms with Gasteiger partial charge in [0, 0.05) is 17.3 Å². The predicted molar refractivity (Wildman–Crippen MR) is 93.5 cm³/mol. The number of nitrogens with zero attached hydrogens (tertiary/aromatic N) is 2. The van der Waals surface area contributed by atoms with E-state index in [9.17, 15) is 14.0 Å². The summed E-state index contributed by atoms with van der Waals surface area (Å²) in [7, 11) is 1.29. The second-order valence-corrected chi connectivity index (χ2v) is 5.54. The maximum atomic E-state index is 13.7. The van der Waals surface area contributed by atoms with Gasteiger partial charge in [0.1, 0.15) is 5.82 Å². The number of carbonyl (C=O) groups excluding carboxylic acids is 2. The molecule has 0 aliphatic heterocycles. The van der Waals surface area contributed by atoms with E-state index >= 15 is 0 Å². The van der Waals surface area contributed by atoms with E-state index in [4.69, 9.17) is 0 Å². The Labute approximate surface area is 149 Å². The van der Waals surface area contributed by atoms with E-state index in [0.717, 1.165) is 0 Å². The highest BCUT2D eigenvalue weighted by atomic mass is 19.1. The van der Waals surface area contributed by atoms with E-state index in [-0.39, 0.29) is 18.3 Å². The number of methoxy groups -OCH3 is 1. The number of halogens is 1. The number of esters is 1. The van der Waals surface area contributed by atoms with Gasteiger partial charge in [-0.1, -0.05) is 18.2 Å². The van der Waals surface area contributed by atoms with Crippen LogP contribution in [-0.4, -0.2) is 28.8 Å². The van der Waals surface area contributed by atoms with Gasteiger partial charge in [0.2, 0.25) is 0 Å². The lowest BCUT2D eigenvalue weighted by molar-refractivity contribution is 0.0600. The summed E-state index contributed by atoms with van der Waals surface area (Å²) in [5, 5.41) is 6.83. The zero-order valence-corrected chi connectivity index (χ0v) is 14.0. The Morgan fingerprint density at radius 3 is 2.50 bits per heavy atom. The molecule has 0 atom stereocenters. The maximum absolute atomic E-state index is 13.7. The number of nitrogens with one attached hydrogen (secondary N) is 1. The number of benzene rings is 2. The minimum atomic E-state index is -0.466. The lowest BCUT2D eigenvalue weighted by atomic mass is 10.1. The van der Waals surface area contributed by atoms with Gasteiger partial charge in [-0.25, -0.2) is 9.18 Å². The highest BCUT2D eigenvalue weighted by Gasteiger charge is 2.11. The SMILES string of the molecule is COC(=O)c1ccc(C(=O)Nc2cnn(Cc3ccccc3F)c2)cc1. The van der Waals surface area contributed by atoms with Crippen molar-refractivity contribution < 1.29 is 18.7 Å². The van der Waals surface area contributed by atoms with E-state index in [1.165, 1.54) is 48.3 Å². The van der Waals surface area contributed by atoms with Crippen molar-refractivity contribution in [3.05, 3.63) is 83.4 Å². The summed E-state index contributed by atoms with van der Waals surface area (Å²) >= 11 is 0. The van der Waals surface area contributed by atoms with Crippen LogP contribution < -0.4 is 5.32 Å². The van der Waals surface area contributed by atoms with Crippen molar-refractivity contribution in [1.29, 1.82) is 0 Å². The number of rotatable bonds is 5. The molecule has 132 valence electrons. The lowest BCUT2D eigenvalue weighted by Gasteiger charge is -2.04. The van der Waals surface area contributed by atoms with Crippen LogP contribution in [0.2, 0.25) is 0 Å². The largest absolute Gasteiger partial charge is 0.465 e. The summed E-state index contributed by atoms with van der Waals surface area (Å²) in [5.74, 6) is -1.11. The average molecular weight is 353 g/mol. The van der Waals surface area contributed by atoms with Gasteiger partial charge in [0.05, 0.1) is 31.1 Å². The van der Waals surface area contributed by atoms with Crippen LogP contribution in [0.4, 0.5) is 10.1 Å². The molecule has 0 radical (unpaired) electrons. The van der Waals surface area contributed by atoms with E-state index < -0.39 is 5.97 Å². The summed E-state index contributed by atoms with van der Waals surface area (Å²) in [6, 6.07) is 12.5. The molecule has 26 heavy (non-hydrogen) atoms. The number of hydrogen-bond donors (Lipinski definition) is 1. The molecule has 0 aliphatic rings. The summed E-state index contributed by atoms with van der Waals surface area (Å²) in [6.45, 7) is 0.260. The monoisotopic (exact) mass is 353 g/mol. The topological polar surface area (TPSA) is 73.2 Å². The van der Waals surface area contributed by atoms with Crippen LogP contribution in [0.3, 0.4) is 0 Å².